The van der Waals surface area contributed by atoms with Gasteiger partial charge in [-0.2, -0.15) is 0 Å². The Morgan fingerprint density at radius 3 is 1.88 bits per heavy atom. The fraction of sp³-hybridized carbons (Fsp3) is 0.222. The molecule has 0 aliphatic carbocycles. The first-order valence-corrected chi connectivity index (χ1v) is 10.4. The molecule has 0 N–H and O–H groups in total. The Kier molecular flexibility index (Phi) is 9.95. The maximum Gasteiger partial charge on any atom is 0.338 e. The van der Waals surface area contributed by atoms with Gasteiger partial charge in [0.2, 0.25) is 0 Å². The molecule has 0 spiro atoms. The number of carbonyl (C=O) groups is 2. The molecule has 0 saturated carbocycles. The molecule has 7 heteroatoms. The molecule has 0 fully saturated rings. The predicted molar refractivity (Wildman–Crippen MR) is 118 cm³/mol. The molecule has 0 atom stereocenters. The normalized spacial score (nSPS) is 9.68. The van der Waals surface area contributed by atoms with Crippen molar-refractivity contribution in [3.63, 3.8) is 0 Å². The number of alkyl halides is 1. The number of benzene rings is 2. The molecule has 2 aromatic rings. The lowest BCUT2D eigenvalue weighted by Gasteiger charge is -2.03. The van der Waals surface area contributed by atoms with Gasteiger partial charge in [0.25, 0.3) is 0 Å². The first-order valence-electron chi connectivity index (χ1n) is 7.11. The summed E-state index contributed by atoms with van der Waals surface area (Å²) in [5, 5.41) is 0.744. The van der Waals surface area contributed by atoms with Crippen LogP contribution < -0.4 is 0 Å². The van der Waals surface area contributed by atoms with Crippen LogP contribution in [0.25, 0.3) is 0 Å². The molecule has 0 bridgehead atoms. The average molecular weight is 631 g/mol. The SMILES string of the molecule is COC(=O)c1cc(C)ccc1I.COC(=O)c1cc(CBr)ccc1I. The Bertz CT molecular complexity index is 763. The largest absolute Gasteiger partial charge is 0.465 e. The van der Waals surface area contributed by atoms with Gasteiger partial charge < -0.3 is 9.47 Å². The maximum absolute atomic E-state index is 11.3. The number of ether oxygens (including phenoxy) is 2. The van der Waals surface area contributed by atoms with Gasteiger partial charge in [-0.05, 0) is 81.9 Å². The van der Waals surface area contributed by atoms with Crippen molar-refractivity contribution in [3.8, 4) is 0 Å². The van der Waals surface area contributed by atoms with Crippen LogP contribution in [0.2, 0.25) is 0 Å². The third-order valence-electron chi connectivity index (χ3n) is 3.12. The zero-order valence-electron chi connectivity index (χ0n) is 13.9. The molecule has 0 radical (unpaired) electrons. The minimum atomic E-state index is -0.285. The first-order chi connectivity index (χ1) is 11.8. The molecular formula is C18H17BrI2O4. The second-order valence-electron chi connectivity index (χ2n) is 4.91. The van der Waals surface area contributed by atoms with Crippen molar-refractivity contribution in [2.45, 2.75) is 12.3 Å². The van der Waals surface area contributed by atoms with Crippen molar-refractivity contribution in [2.24, 2.45) is 0 Å². The van der Waals surface area contributed by atoms with E-state index in [1.54, 1.807) is 0 Å². The summed E-state index contributed by atoms with van der Waals surface area (Å²) in [6.07, 6.45) is 0. The monoisotopic (exact) mass is 630 g/mol. The lowest BCUT2D eigenvalue weighted by atomic mass is 10.1. The van der Waals surface area contributed by atoms with Crippen LogP contribution in [0.15, 0.2) is 36.4 Å². The highest BCUT2D eigenvalue weighted by molar-refractivity contribution is 14.1. The molecular weight excluding hydrogens is 614 g/mol. The first kappa shape index (κ1) is 22.4. The molecule has 0 heterocycles. The summed E-state index contributed by atoms with van der Waals surface area (Å²) in [6.45, 7) is 1.95. The minimum Gasteiger partial charge on any atom is -0.465 e. The van der Waals surface area contributed by atoms with Gasteiger partial charge in [0.15, 0.2) is 0 Å². The van der Waals surface area contributed by atoms with E-state index in [1.807, 2.05) is 43.3 Å². The van der Waals surface area contributed by atoms with Crippen LogP contribution >= 0.6 is 61.1 Å². The van der Waals surface area contributed by atoms with Gasteiger partial charge in [-0.3, -0.25) is 0 Å². The van der Waals surface area contributed by atoms with E-state index in [2.05, 4.69) is 70.6 Å². The number of carbonyl (C=O) groups excluding carboxylic acids is 2. The van der Waals surface area contributed by atoms with Gasteiger partial charge in [0.1, 0.15) is 0 Å². The second-order valence-corrected chi connectivity index (χ2v) is 7.80. The van der Waals surface area contributed by atoms with E-state index in [1.165, 1.54) is 14.2 Å². The third kappa shape index (κ3) is 6.86. The Labute approximate surface area is 183 Å². The lowest BCUT2D eigenvalue weighted by molar-refractivity contribution is 0.0590. The molecule has 0 amide bonds. The van der Waals surface area contributed by atoms with Gasteiger partial charge in [-0.25, -0.2) is 9.59 Å². The second kappa shape index (κ2) is 11.1. The topological polar surface area (TPSA) is 52.6 Å². The van der Waals surface area contributed by atoms with Gasteiger partial charge in [-0.15, -0.1) is 0 Å². The zero-order valence-corrected chi connectivity index (χ0v) is 19.8. The summed E-state index contributed by atoms with van der Waals surface area (Å²) >= 11 is 7.56. The van der Waals surface area contributed by atoms with Crippen LogP contribution in [0.1, 0.15) is 31.8 Å². The molecule has 4 nitrogen and oxygen atoms in total. The van der Waals surface area contributed by atoms with Crippen molar-refractivity contribution in [1.29, 1.82) is 0 Å². The van der Waals surface area contributed by atoms with E-state index >= 15 is 0 Å². The fourth-order valence-corrected chi connectivity index (χ4v) is 3.29. The van der Waals surface area contributed by atoms with Crippen molar-refractivity contribution in [1.82, 2.24) is 0 Å². The summed E-state index contributed by atoms with van der Waals surface area (Å²) in [4.78, 5) is 22.4. The highest BCUT2D eigenvalue weighted by atomic mass is 127. The Morgan fingerprint density at radius 2 is 1.40 bits per heavy atom. The van der Waals surface area contributed by atoms with Crippen LogP contribution in [0.4, 0.5) is 0 Å². The minimum absolute atomic E-state index is 0.275. The van der Waals surface area contributed by atoms with E-state index in [0.29, 0.717) is 11.1 Å². The van der Waals surface area contributed by atoms with Crippen molar-refractivity contribution >= 4 is 73.1 Å². The van der Waals surface area contributed by atoms with Crippen LogP contribution in [0.5, 0.6) is 0 Å². The molecule has 2 aromatic carbocycles. The summed E-state index contributed by atoms with van der Waals surface area (Å²) in [5.41, 5.74) is 3.40. The maximum atomic E-state index is 11.3. The van der Waals surface area contributed by atoms with Gasteiger partial charge >= 0.3 is 11.9 Å². The number of hydrogen-bond acceptors (Lipinski definition) is 4. The molecule has 25 heavy (non-hydrogen) atoms. The Balaban J connectivity index is 0.000000251. The van der Waals surface area contributed by atoms with E-state index in [-0.39, 0.29) is 11.9 Å². The molecule has 2 rings (SSSR count). The average Bonchev–Trinajstić information content (AvgIpc) is 2.63. The molecule has 134 valence electrons. The zero-order chi connectivity index (χ0) is 19.0. The van der Waals surface area contributed by atoms with Crippen LogP contribution in [0, 0.1) is 14.1 Å². The number of methoxy groups -OCH3 is 2. The fourth-order valence-electron chi connectivity index (χ4n) is 1.83. The van der Waals surface area contributed by atoms with E-state index in [0.717, 1.165) is 23.6 Å². The standard InChI is InChI=1S/C9H8BrIO2.C9H9IO2/c1-13-9(12)7-4-6(5-10)2-3-8(7)11;1-6-3-4-8(10)7(5-6)9(11)12-2/h2-4H,5H2,1H3;3-5H,1-2H3. The highest BCUT2D eigenvalue weighted by Gasteiger charge is 2.10. The van der Waals surface area contributed by atoms with Crippen LogP contribution in [0.3, 0.4) is 0 Å². The van der Waals surface area contributed by atoms with Gasteiger partial charge in [0.05, 0.1) is 25.3 Å². The highest BCUT2D eigenvalue weighted by Crippen LogP contribution is 2.17. The summed E-state index contributed by atoms with van der Waals surface area (Å²) < 4.78 is 11.1. The van der Waals surface area contributed by atoms with E-state index in [9.17, 15) is 9.59 Å². The number of halogens is 3. The lowest BCUT2D eigenvalue weighted by Crippen LogP contribution is -2.04. The van der Waals surface area contributed by atoms with Crippen molar-refractivity contribution in [2.75, 3.05) is 14.2 Å². The summed E-state index contributed by atoms with van der Waals surface area (Å²) in [6, 6.07) is 11.4. The smallest absolute Gasteiger partial charge is 0.338 e. The number of hydrogen-bond donors (Lipinski definition) is 0. The quantitative estimate of drug-likeness (QED) is 0.261. The third-order valence-corrected chi connectivity index (χ3v) is 5.65. The number of esters is 2. The van der Waals surface area contributed by atoms with E-state index < -0.39 is 0 Å². The molecule has 0 aliphatic heterocycles. The van der Waals surface area contributed by atoms with Gasteiger partial charge in [-0.1, -0.05) is 33.6 Å². The summed E-state index contributed by atoms with van der Waals surface area (Å²) in [5.74, 6) is -0.560. The molecule has 0 unspecified atom stereocenters. The van der Waals surface area contributed by atoms with Crippen molar-refractivity contribution in [3.05, 3.63) is 65.8 Å². The summed E-state index contributed by atoms with van der Waals surface area (Å²) in [7, 11) is 2.78. The predicted octanol–water partition coefficient (Wildman–Crippen LogP) is 5.36. The number of rotatable bonds is 3. The molecule has 0 aromatic heterocycles. The van der Waals surface area contributed by atoms with Crippen LogP contribution in [-0.4, -0.2) is 26.2 Å². The number of aryl methyl sites for hydroxylation is 1. The van der Waals surface area contributed by atoms with Crippen molar-refractivity contribution < 1.29 is 19.1 Å². The molecule has 0 aliphatic rings. The Morgan fingerprint density at radius 1 is 0.920 bits per heavy atom. The van der Waals surface area contributed by atoms with Crippen LogP contribution in [-0.2, 0) is 14.8 Å². The van der Waals surface area contributed by atoms with E-state index in [4.69, 9.17) is 0 Å². The Hall–Kier alpha value is -0.680. The molecule has 0 saturated heterocycles. The van der Waals surface area contributed by atoms with Gasteiger partial charge in [0, 0.05) is 12.5 Å².